The van der Waals surface area contributed by atoms with Crippen LogP contribution in [0.2, 0.25) is 5.02 Å². The van der Waals surface area contributed by atoms with E-state index in [1.54, 1.807) is 0 Å². The molecule has 0 atom stereocenters. The molecule has 0 radical (unpaired) electrons. The van der Waals surface area contributed by atoms with E-state index in [9.17, 15) is 0 Å². The van der Waals surface area contributed by atoms with E-state index in [1.165, 1.54) is 0 Å². The zero-order valence-electron chi connectivity index (χ0n) is 10.1. The predicted octanol–water partition coefficient (Wildman–Crippen LogP) is 4.42. The van der Waals surface area contributed by atoms with Crippen LogP contribution in [0.25, 0.3) is 0 Å². The molecule has 2 aromatic rings. The van der Waals surface area contributed by atoms with Gasteiger partial charge in [-0.2, -0.15) is 0 Å². The third kappa shape index (κ3) is 3.04. The predicted molar refractivity (Wildman–Crippen MR) is 71.6 cm³/mol. The van der Waals surface area contributed by atoms with Crippen molar-refractivity contribution >= 4 is 17.3 Å². The molecule has 0 spiro atoms. The average molecular weight is 250 g/mol. The molecule has 0 fully saturated rings. The monoisotopic (exact) mass is 249 g/mol. The maximum atomic E-state index is 5.91. The van der Waals surface area contributed by atoms with Gasteiger partial charge in [0.2, 0.25) is 0 Å². The van der Waals surface area contributed by atoms with Crippen molar-refractivity contribution in [2.24, 2.45) is 0 Å². The lowest BCUT2D eigenvalue weighted by atomic mass is 10.2. The number of hydrogen-bond acceptors (Lipinski definition) is 2. The van der Waals surface area contributed by atoms with E-state index >= 15 is 0 Å². The number of rotatable bonds is 4. The smallest absolute Gasteiger partial charge is 0.123 e. The molecular formula is C14H16ClNO. The number of halogens is 1. The normalized spacial score (nSPS) is 10.5. The highest BCUT2D eigenvalue weighted by Gasteiger charge is 2.02. The molecule has 17 heavy (non-hydrogen) atoms. The van der Waals surface area contributed by atoms with Gasteiger partial charge in [-0.15, -0.1) is 0 Å². The molecular weight excluding hydrogens is 234 g/mol. The Balaban J connectivity index is 2.02. The maximum absolute atomic E-state index is 5.91. The highest BCUT2D eigenvalue weighted by molar-refractivity contribution is 6.30. The largest absolute Gasteiger partial charge is 0.464 e. The highest BCUT2D eigenvalue weighted by atomic mass is 35.5. The molecule has 1 aromatic carbocycles. The van der Waals surface area contributed by atoms with Gasteiger partial charge in [0.05, 0.1) is 6.54 Å². The second-order valence-electron chi connectivity index (χ2n) is 4.03. The third-order valence-corrected chi connectivity index (χ3v) is 2.94. The van der Waals surface area contributed by atoms with Gasteiger partial charge in [-0.05, 0) is 42.8 Å². The van der Waals surface area contributed by atoms with Crippen molar-refractivity contribution in [3.63, 3.8) is 0 Å². The van der Waals surface area contributed by atoms with Gasteiger partial charge in [-0.3, -0.25) is 0 Å². The fourth-order valence-corrected chi connectivity index (χ4v) is 1.94. The summed E-state index contributed by atoms with van der Waals surface area (Å²) >= 11 is 5.91. The average Bonchev–Trinajstić information content (AvgIpc) is 2.76. The fourth-order valence-electron chi connectivity index (χ4n) is 1.72. The van der Waals surface area contributed by atoms with E-state index < -0.39 is 0 Å². The Hall–Kier alpha value is -1.41. The summed E-state index contributed by atoms with van der Waals surface area (Å²) < 4.78 is 5.63. The first-order valence-electron chi connectivity index (χ1n) is 5.76. The van der Waals surface area contributed by atoms with Crippen LogP contribution < -0.4 is 5.32 Å². The van der Waals surface area contributed by atoms with Gasteiger partial charge in [0.25, 0.3) is 0 Å². The summed E-state index contributed by atoms with van der Waals surface area (Å²) in [6, 6.07) is 9.85. The zero-order valence-corrected chi connectivity index (χ0v) is 10.8. The van der Waals surface area contributed by atoms with E-state index in [-0.39, 0.29) is 0 Å². The lowest BCUT2D eigenvalue weighted by Crippen LogP contribution is -1.99. The molecule has 0 aliphatic rings. The molecule has 1 heterocycles. The van der Waals surface area contributed by atoms with Gasteiger partial charge >= 0.3 is 0 Å². The molecule has 0 saturated heterocycles. The molecule has 0 unspecified atom stereocenters. The van der Waals surface area contributed by atoms with Crippen LogP contribution in [0.1, 0.15) is 24.0 Å². The van der Waals surface area contributed by atoms with Gasteiger partial charge in [0.1, 0.15) is 11.5 Å². The number of anilines is 1. The van der Waals surface area contributed by atoms with Crippen LogP contribution in [-0.2, 0) is 13.0 Å². The van der Waals surface area contributed by atoms with E-state index in [0.717, 1.165) is 34.2 Å². The summed E-state index contributed by atoms with van der Waals surface area (Å²) in [5, 5.41) is 4.10. The van der Waals surface area contributed by atoms with Crippen LogP contribution >= 0.6 is 11.6 Å². The summed E-state index contributed by atoms with van der Waals surface area (Å²) in [5.41, 5.74) is 2.23. The SMILES string of the molecule is CCc1ccc(CNc2ccc(Cl)cc2C)o1. The standard InChI is InChI=1S/C14H16ClNO/c1-3-12-5-6-13(17-12)9-16-14-7-4-11(15)8-10(14)2/h4-8,16H,3,9H2,1-2H3. The Morgan fingerprint density at radius 3 is 2.59 bits per heavy atom. The van der Waals surface area contributed by atoms with Crippen LogP contribution in [0, 0.1) is 6.92 Å². The van der Waals surface area contributed by atoms with Gasteiger partial charge in [-0.1, -0.05) is 18.5 Å². The maximum Gasteiger partial charge on any atom is 0.123 e. The second-order valence-corrected chi connectivity index (χ2v) is 4.47. The first-order chi connectivity index (χ1) is 8.19. The van der Waals surface area contributed by atoms with Crippen molar-refractivity contribution < 1.29 is 4.42 Å². The zero-order chi connectivity index (χ0) is 12.3. The third-order valence-electron chi connectivity index (χ3n) is 2.71. The summed E-state index contributed by atoms with van der Waals surface area (Å²) in [4.78, 5) is 0. The molecule has 2 rings (SSSR count). The molecule has 1 N–H and O–H groups in total. The molecule has 0 aliphatic heterocycles. The van der Waals surface area contributed by atoms with E-state index in [4.69, 9.17) is 16.0 Å². The number of aryl methyl sites for hydroxylation is 2. The van der Waals surface area contributed by atoms with Crippen molar-refractivity contribution in [3.8, 4) is 0 Å². The lowest BCUT2D eigenvalue weighted by Gasteiger charge is -2.08. The molecule has 90 valence electrons. The lowest BCUT2D eigenvalue weighted by molar-refractivity contribution is 0.476. The van der Waals surface area contributed by atoms with E-state index in [2.05, 4.69) is 12.2 Å². The second kappa shape index (κ2) is 5.28. The van der Waals surface area contributed by atoms with E-state index in [1.807, 2.05) is 37.3 Å². The summed E-state index contributed by atoms with van der Waals surface area (Å²) in [6.07, 6.45) is 0.931. The van der Waals surface area contributed by atoms with Crippen molar-refractivity contribution in [1.29, 1.82) is 0 Å². The van der Waals surface area contributed by atoms with Gasteiger partial charge in [0, 0.05) is 17.1 Å². The molecule has 0 amide bonds. The Morgan fingerprint density at radius 1 is 1.18 bits per heavy atom. The minimum absolute atomic E-state index is 0.697. The molecule has 3 heteroatoms. The minimum atomic E-state index is 0.697. The minimum Gasteiger partial charge on any atom is -0.464 e. The Labute approximate surface area is 107 Å². The van der Waals surface area contributed by atoms with Crippen LogP contribution in [0.5, 0.6) is 0 Å². The van der Waals surface area contributed by atoms with Crippen LogP contribution in [0.4, 0.5) is 5.69 Å². The first kappa shape index (κ1) is 12.1. The van der Waals surface area contributed by atoms with Crippen molar-refractivity contribution in [3.05, 3.63) is 52.4 Å². The Morgan fingerprint density at radius 2 is 1.94 bits per heavy atom. The van der Waals surface area contributed by atoms with Crippen LogP contribution in [0.15, 0.2) is 34.7 Å². The molecule has 1 aromatic heterocycles. The highest BCUT2D eigenvalue weighted by Crippen LogP contribution is 2.20. The van der Waals surface area contributed by atoms with Crippen molar-refractivity contribution in [2.45, 2.75) is 26.8 Å². The van der Waals surface area contributed by atoms with Crippen LogP contribution in [0.3, 0.4) is 0 Å². The summed E-state index contributed by atoms with van der Waals surface area (Å²) in [5.74, 6) is 1.98. The quantitative estimate of drug-likeness (QED) is 0.868. The van der Waals surface area contributed by atoms with Crippen molar-refractivity contribution in [2.75, 3.05) is 5.32 Å². The number of hydrogen-bond donors (Lipinski definition) is 1. The Bertz CT molecular complexity index is 505. The molecule has 2 nitrogen and oxygen atoms in total. The van der Waals surface area contributed by atoms with Gasteiger partial charge in [-0.25, -0.2) is 0 Å². The first-order valence-corrected chi connectivity index (χ1v) is 6.14. The summed E-state index contributed by atoms with van der Waals surface area (Å²) in [7, 11) is 0. The number of nitrogens with one attached hydrogen (secondary N) is 1. The topological polar surface area (TPSA) is 25.2 Å². The van der Waals surface area contributed by atoms with Gasteiger partial charge in [0.15, 0.2) is 0 Å². The molecule has 0 saturated carbocycles. The summed E-state index contributed by atoms with van der Waals surface area (Å²) in [6.45, 7) is 4.82. The van der Waals surface area contributed by atoms with E-state index in [0.29, 0.717) is 6.54 Å². The molecule has 0 aliphatic carbocycles. The number of furan rings is 1. The van der Waals surface area contributed by atoms with Gasteiger partial charge < -0.3 is 9.73 Å². The van der Waals surface area contributed by atoms with Crippen molar-refractivity contribution in [1.82, 2.24) is 0 Å². The van der Waals surface area contributed by atoms with Crippen LogP contribution in [-0.4, -0.2) is 0 Å². The number of benzene rings is 1. The molecule has 0 bridgehead atoms. The fraction of sp³-hybridized carbons (Fsp3) is 0.286. The Kier molecular flexibility index (Phi) is 3.75.